The molecule has 3 rings (SSSR count). The van der Waals surface area contributed by atoms with Crippen molar-refractivity contribution in [2.75, 3.05) is 59.5 Å². The first kappa shape index (κ1) is 50.9. The van der Waals surface area contributed by atoms with Crippen molar-refractivity contribution in [3.63, 3.8) is 0 Å². The summed E-state index contributed by atoms with van der Waals surface area (Å²) < 4.78 is 63.1. The van der Waals surface area contributed by atoms with Gasteiger partial charge in [-0.2, -0.15) is 0 Å². The molecular formula is C45H75AsO9Si3. The molecule has 0 aliphatic carbocycles. The Hall–Kier alpha value is -1.49. The van der Waals surface area contributed by atoms with Gasteiger partial charge in [0.05, 0.1) is 0 Å². The van der Waals surface area contributed by atoms with Gasteiger partial charge in [-0.3, -0.25) is 0 Å². The van der Waals surface area contributed by atoms with Crippen LogP contribution in [0.4, 0.5) is 0 Å². The third-order valence-corrected chi connectivity index (χ3v) is 21.4. The molecule has 0 bridgehead atoms. The van der Waals surface area contributed by atoms with Gasteiger partial charge >= 0.3 is 366 Å². The normalized spacial score (nSPS) is 16.5. The van der Waals surface area contributed by atoms with Crippen molar-refractivity contribution < 1.29 is 42.6 Å². The van der Waals surface area contributed by atoms with E-state index in [0.717, 1.165) is 47.4 Å². The van der Waals surface area contributed by atoms with Crippen molar-refractivity contribution in [3.05, 3.63) is 108 Å². The van der Waals surface area contributed by atoms with Crippen LogP contribution in [0.5, 0.6) is 0 Å². The van der Waals surface area contributed by atoms with Crippen LogP contribution in [0, 0.1) is 0 Å². The average Bonchev–Trinajstić information content (AvgIpc) is 3.25. The van der Waals surface area contributed by atoms with E-state index < -0.39 is 45.2 Å². The zero-order valence-electron chi connectivity index (χ0n) is 37.8. The second kappa shape index (κ2) is 24.2. The van der Waals surface area contributed by atoms with E-state index in [1.807, 2.05) is 80.5 Å². The molecule has 0 saturated carbocycles. The number of hydrogen-bond donors (Lipinski definition) is 0. The molecule has 0 N–H and O–H groups in total. The summed E-state index contributed by atoms with van der Waals surface area (Å²) in [5.41, 5.74) is -0.717. The van der Waals surface area contributed by atoms with E-state index >= 15 is 0 Å². The Kier molecular flexibility index (Phi) is 21.2. The Balaban J connectivity index is 3.06. The summed E-state index contributed by atoms with van der Waals surface area (Å²) in [6, 6.07) is 33.2. The number of benzene rings is 3. The van der Waals surface area contributed by atoms with Gasteiger partial charge in [-0.1, -0.05) is 0 Å². The van der Waals surface area contributed by atoms with Crippen LogP contribution in [-0.2, 0) is 59.4 Å². The zero-order valence-corrected chi connectivity index (χ0v) is 45.6. The first-order valence-electron chi connectivity index (χ1n) is 21.9. The second-order valence-electron chi connectivity index (χ2n) is 13.6. The number of rotatable bonds is 30. The molecule has 13 heteroatoms. The molecule has 326 valence electrons. The first-order valence-corrected chi connectivity index (χ1v) is 28.9. The SMILES string of the molecule is CCOC(C[SiH3])(c1ccccc1)C(OCC)(OCC)[As](C(OCC)(OCC)C(C[SiH3])(OCC)c1ccccc1)C(OCC)(OCC)C(C[SiH3])(OCC)c1ccccc1. The van der Waals surface area contributed by atoms with E-state index in [-0.39, 0.29) is 0 Å². The number of hydrogen-bond acceptors (Lipinski definition) is 9. The molecule has 3 unspecified atom stereocenters. The first-order chi connectivity index (χ1) is 28.2. The molecule has 0 saturated heterocycles. The van der Waals surface area contributed by atoms with E-state index in [0.29, 0.717) is 77.6 Å². The van der Waals surface area contributed by atoms with Crippen LogP contribution in [0.25, 0.3) is 0 Å². The summed E-state index contributed by atoms with van der Waals surface area (Å²) in [5, 5.41) is 0. The van der Waals surface area contributed by atoms with Gasteiger partial charge in [0.25, 0.3) is 0 Å². The molecule has 0 heterocycles. The van der Waals surface area contributed by atoms with Crippen LogP contribution in [0.15, 0.2) is 91.0 Å². The van der Waals surface area contributed by atoms with E-state index in [1.165, 1.54) is 0 Å². The number of ether oxygens (including phenoxy) is 9. The molecule has 0 fully saturated rings. The molecule has 0 radical (unpaired) electrons. The van der Waals surface area contributed by atoms with Crippen LogP contribution in [0.1, 0.15) is 79.0 Å². The average molecular weight is 919 g/mol. The van der Waals surface area contributed by atoms with Gasteiger partial charge in [-0.25, -0.2) is 0 Å². The van der Waals surface area contributed by atoms with E-state index in [4.69, 9.17) is 42.6 Å². The Morgan fingerprint density at radius 3 is 0.672 bits per heavy atom. The maximum atomic E-state index is 7.63. The van der Waals surface area contributed by atoms with Crippen molar-refractivity contribution >= 4 is 45.4 Å². The standard InChI is InChI=1S/C45H75AsO9Si3/c1-10-47-40(34-56,37-28-22-19-23-29-37)43(50-13-4,51-14-5)46(44(52-15-6,53-16-7)41(35-57,48-11-2)38-30-24-20-25-31-38)45(54-17-8,55-18-9)42(36-58,49-12-3)39-32-26-21-27-33-39/h19-33H,10-18,34-36H2,1-9,56-58H3. The van der Waals surface area contributed by atoms with E-state index in [2.05, 4.69) is 72.8 Å². The summed E-state index contributed by atoms with van der Waals surface area (Å²) in [4.78, 5) is 0. The summed E-state index contributed by atoms with van der Waals surface area (Å²) >= 11 is -3.90. The van der Waals surface area contributed by atoms with Gasteiger partial charge in [0, 0.05) is 0 Å². The third-order valence-electron chi connectivity index (χ3n) is 10.8. The Morgan fingerprint density at radius 1 is 0.328 bits per heavy atom. The predicted molar refractivity (Wildman–Crippen MR) is 247 cm³/mol. The molecule has 58 heavy (non-hydrogen) atoms. The topological polar surface area (TPSA) is 83.1 Å². The van der Waals surface area contributed by atoms with Crippen molar-refractivity contribution in [2.24, 2.45) is 0 Å². The van der Waals surface area contributed by atoms with Crippen LogP contribution in [-0.4, -0.2) is 119 Å². The van der Waals surface area contributed by atoms with E-state index in [9.17, 15) is 0 Å². The molecule has 3 aromatic carbocycles. The maximum absolute atomic E-state index is 7.63. The van der Waals surface area contributed by atoms with Crippen molar-refractivity contribution in [1.29, 1.82) is 0 Å². The summed E-state index contributed by atoms with van der Waals surface area (Å²) in [6.07, 6.45) is 0. The van der Waals surface area contributed by atoms with Crippen LogP contribution in [0.2, 0.25) is 18.1 Å². The monoisotopic (exact) mass is 918 g/mol. The Bertz CT molecular complexity index is 1360. The van der Waals surface area contributed by atoms with Crippen molar-refractivity contribution in [3.8, 4) is 0 Å². The third kappa shape index (κ3) is 9.16. The van der Waals surface area contributed by atoms with Gasteiger partial charge in [0.2, 0.25) is 0 Å². The quantitative estimate of drug-likeness (QED) is 0.0632. The fourth-order valence-corrected chi connectivity index (χ4v) is 24.4. The molecular weight excluding hydrogens is 844 g/mol. The van der Waals surface area contributed by atoms with Gasteiger partial charge in [-0.15, -0.1) is 0 Å². The zero-order chi connectivity index (χ0) is 42.8. The molecule has 3 aromatic rings. The summed E-state index contributed by atoms with van der Waals surface area (Å²) in [7, 11) is 2.19. The molecule has 0 amide bonds. The van der Waals surface area contributed by atoms with Gasteiger partial charge in [0.15, 0.2) is 0 Å². The molecule has 3 atom stereocenters. The molecule has 0 aliphatic heterocycles. The fraction of sp³-hybridized carbons (Fsp3) is 0.600. The minimum atomic E-state index is -3.90. The summed E-state index contributed by atoms with van der Waals surface area (Å²) in [6.45, 7) is 21.2. The second-order valence-corrected chi connectivity index (χ2v) is 20.9. The predicted octanol–water partition coefficient (Wildman–Crippen LogP) is 5.55. The summed E-state index contributed by atoms with van der Waals surface area (Å²) in [5.74, 6) is 0. The van der Waals surface area contributed by atoms with Crippen molar-refractivity contribution in [1.82, 2.24) is 0 Å². The molecule has 9 nitrogen and oxygen atoms in total. The minimum absolute atomic E-state index is 0.290. The molecule has 0 aromatic heterocycles. The van der Waals surface area contributed by atoms with Gasteiger partial charge in [-0.05, 0) is 0 Å². The van der Waals surface area contributed by atoms with Crippen LogP contribution >= 0.6 is 0 Å². The fourth-order valence-electron chi connectivity index (χ4n) is 9.03. The van der Waals surface area contributed by atoms with E-state index in [1.54, 1.807) is 0 Å². The van der Waals surface area contributed by atoms with Gasteiger partial charge in [0.1, 0.15) is 0 Å². The van der Waals surface area contributed by atoms with Gasteiger partial charge < -0.3 is 0 Å². The van der Waals surface area contributed by atoms with Crippen molar-refractivity contribution in [2.45, 2.75) is 111 Å². The molecule has 0 aliphatic rings. The Labute approximate surface area is 364 Å². The van der Waals surface area contributed by atoms with Crippen LogP contribution in [0.3, 0.4) is 0 Å². The Morgan fingerprint density at radius 2 is 0.517 bits per heavy atom. The molecule has 0 spiro atoms. The van der Waals surface area contributed by atoms with Crippen LogP contribution < -0.4 is 0 Å².